The number of fused-ring (bicyclic) bond motifs is 1. The number of Topliss-reactive ketones (excluding diaryl/α,β-unsaturated/α-hetero) is 1. The van der Waals surface area contributed by atoms with Crippen molar-refractivity contribution in [1.82, 2.24) is 0 Å². The molecule has 6 heteroatoms. The zero-order chi connectivity index (χ0) is 16.4. The number of ketones is 1. The van der Waals surface area contributed by atoms with Gasteiger partial charge in [0.25, 0.3) is 5.69 Å². The molecule has 6 nitrogen and oxygen atoms in total. The Hall–Kier alpha value is -3.15. The normalized spacial score (nSPS) is 14.5. The van der Waals surface area contributed by atoms with Gasteiger partial charge in [-0.05, 0) is 30.7 Å². The molecule has 2 aromatic carbocycles. The first kappa shape index (κ1) is 14.8. The van der Waals surface area contributed by atoms with Crippen molar-refractivity contribution in [1.29, 1.82) is 0 Å². The second-order valence-electron chi connectivity index (χ2n) is 4.88. The van der Waals surface area contributed by atoms with Crippen molar-refractivity contribution in [3.63, 3.8) is 0 Å². The van der Waals surface area contributed by atoms with E-state index in [-0.39, 0.29) is 17.2 Å². The summed E-state index contributed by atoms with van der Waals surface area (Å²) in [4.78, 5) is 22.6. The number of hydrogen-bond donors (Lipinski definition) is 0. The van der Waals surface area contributed by atoms with E-state index >= 15 is 0 Å². The Morgan fingerprint density at radius 3 is 2.83 bits per heavy atom. The smallest absolute Gasteiger partial charge is 0.270 e. The third-order valence-corrected chi connectivity index (χ3v) is 3.33. The SMILES string of the molecule is CCOc1ccc2c(c1)O/C(=C/c1cccc([N+](=O)[O-])c1)C2=O. The van der Waals surface area contributed by atoms with Crippen molar-refractivity contribution in [2.45, 2.75) is 6.92 Å². The van der Waals surface area contributed by atoms with Crippen molar-refractivity contribution in [2.75, 3.05) is 6.61 Å². The Kier molecular flexibility index (Phi) is 3.80. The summed E-state index contributed by atoms with van der Waals surface area (Å²) in [5, 5.41) is 10.8. The maximum atomic E-state index is 12.3. The highest BCUT2D eigenvalue weighted by atomic mass is 16.6. The molecular formula is C17H13NO5. The lowest BCUT2D eigenvalue weighted by Crippen LogP contribution is -1.98. The first-order valence-electron chi connectivity index (χ1n) is 7.04. The molecule has 1 heterocycles. The van der Waals surface area contributed by atoms with Gasteiger partial charge in [0, 0.05) is 18.2 Å². The van der Waals surface area contributed by atoms with E-state index in [4.69, 9.17) is 9.47 Å². The number of rotatable bonds is 4. The molecule has 0 spiro atoms. The molecule has 0 fully saturated rings. The maximum Gasteiger partial charge on any atom is 0.270 e. The lowest BCUT2D eigenvalue weighted by molar-refractivity contribution is -0.384. The summed E-state index contributed by atoms with van der Waals surface area (Å²) in [6, 6.07) is 11.0. The Morgan fingerprint density at radius 2 is 2.09 bits per heavy atom. The number of nitro groups is 1. The molecule has 0 saturated carbocycles. The van der Waals surface area contributed by atoms with E-state index in [2.05, 4.69) is 0 Å². The summed E-state index contributed by atoms with van der Waals surface area (Å²) < 4.78 is 10.9. The van der Waals surface area contributed by atoms with Gasteiger partial charge in [-0.25, -0.2) is 0 Å². The second kappa shape index (κ2) is 5.92. The van der Waals surface area contributed by atoms with Gasteiger partial charge in [0.15, 0.2) is 5.76 Å². The van der Waals surface area contributed by atoms with E-state index < -0.39 is 4.92 Å². The lowest BCUT2D eigenvalue weighted by Gasteiger charge is -2.03. The molecule has 0 atom stereocenters. The van der Waals surface area contributed by atoms with Crippen molar-refractivity contribution >= 4 is 17.5 Å². The van der Waals surface area contributed by atoms with Gasteiger partial charge in [-0.3, -0.25) is 14.9 Å². The fourth-order valence-electron chi connectivity index (χ4n) is 2.30. The summed E-state index contributed by atoms with van der Waals surface area (Å²) in [7, 11) is 0. The van der Waals surface area contributed by atoms with Crippen LogP contribution in [0.2, 0.25) is 0 Å². The van der Waals surface area contributed by atoms with Gasteiger partial charge in [-0.15, -0.1) is 0 Å². The number of non-ortho nitro benzene ring substituents is 1. The van der Waals surface area contributed by atoms with Crippen LogP contribution < -0.4 is 9.47 Å². The van der Waals surface area contributed by atoms with Crippen molar-refractivity contribution < 1.29 is 19.2 Å². The van der Waals surface area contributed by atoms with Crippen LogP contribution in [0.5, 0.6) is 11.5 Å². The molecule has 0 aliphatic carbocycles. The average molecular weight is 311 g/mol. The van der Waals surface area contributed by atoms with E-state index in [9.17, 15) is 14.9 Å². The van der Waals surface area contributed by atoms with E-state index in [1.54, 1.807) is 30.3 Å². The van der Waals surface area contributed by atoms with E-state index in [0.717, 1.165) is 0 Å². The van der Waals surface area contributed by atoms with Gasteiger partial charge >= 0.3 is 0 Å². The molecule has 0 N–H and O–H groups in total. The average Bonchev–Trinajstić information content (AvgIpc) is 2.84. The molecule has 116 valence electrons. The number of ether oxygens (including phenoxy) is 2. The Balaban J connectivity index is 1.92. The summed E-state index contributed by atoms with van der Waals surface area (Å²) in [6.07, 6.45) is 1.50. The van der Waals surface area contributed by atoms with Crippen LogP contribution >= 0.6 is 0 Å². The lowest BCUT2D eigenvalue weighted by atomic mass is 10.1. The monoisotopic (exact) mass is 311 g/mol. The molecule has 3 rings (SSSR count). The largest absolute Gasteiger partial charge is 0.494 e. The fourth-order valence-corrected chi connectivity index (χ4v) is 2.30. The van der Waals surface area contributed by atoms with Crippen LogP contribution in [0.15, 0.2) is 48.2 Å². The summed E-state index contributed by atoms with van der Waals surface area (Å²) in [5.41, 5.74) is 0.937. The maximum absolute atomic E-state index is 12.3. The Bertz CT molecular complexity index is 825. The van der Waals surface area contributed by atoms with Crippen LogP contribution in [0.25, 0.3) is 6.08 Å². The van der Waals surface area contributed by atoms with Gasteiger partial charge in [-0.2, -0.15) is 0 Å². The molecule has 1 aliphatic rings. The van der Waals surface area contributed by atoms with Crippen molar-refractivity contribution in [2.24, 2.45) is 0 Å². The Labute approximate surface area is 132 Å². The predicted molar refractivity (Wildman–Crippen MR) is 83.6 cm³/mol. The molecule has 0 amide bonds. The predicted octanol–water partition coefficient (Wildman–Crippen LogP) is 3.61. The third kappa shape index (κ3) is 2.91. The molecule has 2 aromatic rings. The minimum Gasteiger partial charge on any atom is -0.494 e. The standard InChI is InChI=1S/C17H13NO5/c1-2-22-13-6-7-14-15(10-13)23-16(17(14)19)9-11-4-3-5-12(8-11)18(20)21/h3-10H,2H2,1H3/b16-9+. The van der Waals surface area contributed by atoms with Gasteiger partial charge in [0.05, 0.1) is 17.1 Å². The summed E-state index contributed by atoms with van der Waals surface area (Å²) in [6.45, 7) is 2.38. The highest BCUT2D eigenvalue weighted by Gasteiger charge is 2.27. The van der Waals surface area contributed by atoms with Crippen LogP contribution in [0.1, 0.15) is 22.8 Å². The molecule has 1 aliphatic heterocycles. The summed E-state index contributed by atoms with van der Waals surface area (Å²) in [5.74, 6) is 0.928. The quantitative estimate of drug-likeness (QED) is 0.489. The molecule has 0 aromatic heterocycles. The highest BCUT2D eigenvalue weighted by Crippen LogP contribution is 2.35. The first-order chi connectivity index (χ1) is 11.1. The van der Waals surface area contributed by atoms with Crippen LogP contribution in [-0.2, 0) is 0 Å². The Morgan fingerprint density at radius 1 is 1.26 bits per heavy atom. The number of allylic oxidation sites excluding steroid dienone is 1. The number of benzene rings is 2. The van der Waals surface area contributed by atoms with E-state index in [1.165, 1.54) is 18.2 Å². The number of nitrogens with zero attached hydrogens (tertiary/aromatic N) is 1. The number of nitro benzene ring substituents is 1. The van der Waals surface area contributed by atoms with Crippen LogP contribution in [0.4, 0.5) is 5.69 Å². The minimum absolute atomic E-state index is 0.0408. The third-order valence-electron chi connectivity index (χ3n) is 3.33. The minimum atomic E-state index is -0.484. The second-order valence-corrected chi connectivity index (χ2v) is 4.88. The van der Waals surface area contributed by atoms with E-state index in [1.807, 2.05) is 6.92 Å². The fraction of sp³-hybridized carbons (Fsp3) is 0.118. The number of carbonyl (C=O) groups is 1. The van der Waals surface area contributed by atoms with Gasteiger partial charge in [-0.1, -0.05) is 12.1 Å². The molecule has 23 heavy (non-hydrogen) atoms. The van der Waals surface area contributed by atoms with Crippen LogP contribution in [-0.4, -0.2) is 17.3 Å². The number of carbonyl (C=O) groups excluding carboxylic acids is 1. The first-order valence-corrected chi connectivity index (χ1v) is 7.04. The molecular weight excluding hydrogens is 298 g/mol. The highest BCUT2D eigenvalue weighted by molar-refractivity contribution is 6.14. The zero-order valence-electron chi connectivity index (χ0n) is 12.3. The number of hydrogen-bond acceptors (Lipinski definition) is 5. The van der Waals surface area contributed by atoms with Crippen molar-refractivity contribution in [3.8, 4) is 11.5 Å². The van der Waals surface area contributed by atoms with Crippen LogP contribution in [0, 0.1) is 10.1 Å². The topological polar surface area (TPSA) is 78.7 Å². The molecule has 0 bridgehead atoms. The molecule has 0 radical (unpaired) electrons. The van der Waals surface area contributed by atoms with Gasteiger partial charge in [0.1, 0.15) is 11.5 Å². The zero-order valence-corrected chi connectivity index (χ0v) is 12.3. The molecule has 0 saturated heterocycles. The summed E-state index contributed by atoms with van der Waals surface area (Å²) >= 11 is 0. The van der Waals surface area contributed by atoms with E-state index in [0.29, 0.717) is 29.2 Å². The van der Waals surface area contributed by atoms with Gasteiger partial charge < -0.3 is 9.47 Å². The van der Waals surface area contributed by atoms with Crippen LogP contribution in [0.3, 0.4) is 0 Å². The van der Waals surface area contributed by atoms with Crippen molar-refractivity contribution in [3.05, 3.63) is 69.5 Å². The molecule has 0 unspecified atom stereocenters. The van der Waals surface area contributed by atoms with Gasteiger partial charge in [0.2, 0.25) is 5.78 Å².